The third-order valence-corrected chi connectivity index (χ3v) is 4.48. The molecule has 0 radical (unpaired) electrons. The maximum Gasteiger partial charge on any atom is 0.105 e. The van der Waals surface area contributed by atoms with Crippen molar-refractivity contribution in [1.29, 1.82) is 0 Å². The van der Waals surface area contributed by atoms with E-state index in [2.05, 4.69) is 37.4 Å². The van der Waals surface area contributed by atoms with Crippen LogP contribution in [0.1, 0.15) is 53.4 Å². The van der Waals surface area contributed by atoms with E-state index in [0.29, 0.717) is 12.8 Å². The quantitative estimate of drug-likeness (QED) is 0.150. The summed E-state index contributed by atoms with van der Waals surface area (Å²) in [5.74, 6) is 0. The second-order valence-corrected chi connectivity index (χ2v) is 8.78. The maximum absolute atomic E-state index is 10.1. The highest BCUT2D eigenvalue weighted by atomic mass is 32.2. The third kappa shape index (κ3) is 13.0. The monoisotopic (exact) mass is 359 g/mol. The summed E-state index contributed by atoms with van der Waals surface area (Å²) in [7, 11) is 0. The normalized spacial score (nSPS) is 16.7. The van der Waals surface area contributed by atoms with Crippen molar-refractivity contribution < 1.29 is 10.2 Å². The van der Waals surface area contributed by atoms with Crippen molar-refractivity contribution in [2.45, 2.75) is 76.5 Å². The van der Waals surface area contributed by atoms with Crippen LogP contribution in [0, 0.1) is 0 Å². The van der Waals surface area contributed by atoms with E-state index in [4.69, 9.17) is 5.73 Å². The molecule has 6 N–H and O–H groups in total. The van der Waals surface area contributed by atoms with Gasteiger partial charge in [-0.1, -0.05) is 24.1 Å². The van der Waals surface area contributed by atoms with Crippen LogP contribution in [0.4, 0.5) is 0 Å². The van der Waals surface area contributed by atoms with Crippen LogP contribution in [0.3, 0.4) is 0 Å². The summed E-state index contributed by atoms with van der Waals surface area (Å²) in [6.07, 6.45) is 5.95. The molecule has 0 heterocycles. The molecule has 0 fully saturated rings. The topological polar surface area (TPSA) is 90.5 Å². The predicted molar refractivity (Wildman–Crippen MR) is 106 cm³/mol. The Balaban J connectivity index is 3.94. The zero-order chi connectivity index (χ0) is 18.6. The minimum Gasteiger partial charge on any atom is -0.387 e. The van der Waals surface area contributed by atoms with Crippen molar-refractivity contribution >= 4 is 11.9 Å². The molecule has 3 atom stereocenters. The lowest BCUT2D eigenvalue weighted by molar-refractivity contribution is 0.117. The van der Waals surface area contributed by atoms with E-state index in [9.17, 15) is 10.2 Å². The van der Waals surface area contributed by atoms with Gasteiger partial charge in [-0.3, -0.25) is 10.0 Å². The van der Waals surface area contributed by atoms with Gasteiger partial charge in [0.15, 0.2) is 0 Å². The lowest BCUT2D eigenvalue weighted by Gasteiger charge is -2.20. The molecule has 142 valence electrons. The van der Waals surface area contributed by atoms with Crippen LogP contribution >= 0.6 is 11.9 Å². The first kappa shape index (κ1) is 23.6. The molecule has 0 aliphatic rings. The van der Waals surface area contributed by atoms with Gasteiger partial charge >= 0.3 is 0 Å². The Hall–Kier alpha value is -0.370. The van der Waals surface area contributed by atoms with Crippen molar-refractivity contribution in [2.24, 2.45) is 5.73 Å². The SMILES string of the molecule is C=CC(C/C=C(\C)C(O)CN)NC(O)CCCCNSC(C)(C)C. The van der Waals surface area contributed by atoms with Crippen LogP contribution in [0.5, 0.6) is 0 Å². The maximum atomic E-state index is 10.1. The molecule has 0 amide bonds. The fourth-order valence-electron chi connectivity index (χ4n) is 2.00. The van der Waals surface area contributed by atoms with Crippen LogP contribution < -0.4 is 15.8 Å². The highest BCUT2D eigenvalue weighted by Gasteiger charge is 2.11. The first-order valence-corrected chi connectivity index (χ1v) is 9.53. The molecule has 3 unspecified atom stereocenters. The second-order valence-electron chi connectivity index (χ2n) is 7.06. The minimum absolute atomic E-state index is 0.0190. The summed E-state index contributed by atoms with van der Waals surface area (Å²) < 4.78 is 3.58. The molecule has 6 heteroatoms. The number of aliphatic hydroxyl groups is 2. The average Bonchev–Trinajstić information content (AvgIpc) is 2.52. The van der Waals surface area contributed by atoms with E-state index in [-0.39, 0.29) is 17.3 Å². The molecule has 0 bridgehead atoms. The summed E-state index contributed by atoms with van der Waals surface area (Å²) in [5, 5.41) is 22.9. The van der Waals surface area contributed by atoms with Crippen LogP contribution in [0.25, 0.3) is 0 Å². The fourth-order valence-corrected chi connectivity index (χ4v) is 2.68. The summed E-state index contributed by atoms with van der Waals surface area (Å²) in [5.41, 5.74) is 6.28. The van der Waals surface area contributed by atoms with Gasteiger partial charge < -0.3 is 15.9 Å². The Morgan fingerprint density at radius 1 is 1.29 bits per heavy atom. The lowest BCUT2D eigenvalue weighted by atomic mass is 10.1. The Bertz CT molecular complexity index is 370. The van der Waals surface area contributed by atoms with Crippen LogP contribution in [0.2, 0.25) is 0 Å². The molecule has 0 aromatic heterocycles. The van der Waals surface area contributed by atoms with Gasteiger partial charge in [-0.15, -0.1) is 6.58 Å². The smallest absolute Gasteiger partial charge is 0.105 e. The fraction of sp³-hybridized carbons (Fsp3) is 0.778. The second kappa shape index (κ2) is 12.9. The van der Waals surface area contributed by atoms with Gasteiger partial charge in [0.25, 0.3) is 0 Å². The van der Waals surface area contributed by atoms with Crippen molar-refractivity contribution in [2.75, 3.05) is 13.1 Å². The first-order valence-electron chi connectivity index (χ1n) is 8.72. The molecule has 0 aliphatic carbocycles. The van der Waals surface area contributed by atoms with Gasteiger partial charge in [0, 0.05) is 23.9 Å². The molecule has 0 aliphatic heterocycles. The Kier molecular flexibility index (Phi) is 12.7. The van der Waals surface area contributed by atoms with E-state index in [1.54, 1.807) is 18.0 Å². The van der Waals surface area contributed by atoms with Crippen LogP contribution in [0.15, 0.2) is 24.3 Å². The van der Waals surface area contributed by atoms with E-state index in [1.165, 1.54) is 0 Å². The van der Waals surface area contributed by atoms with E-state index >= 15 is 0 Å². The Morgan fingerprint density at radius 3 is 2.50 bits per heavy atom. The Morgan fingerprint density at radius 2 is 1.96 bits per heavy atom. The zero-order valence-electron chi connectivity index (χ0n) is 15.7. The van der Waals surface area contributed by atoms with Gasteiger partial charge in [-0.25, -0.2) is 0 Å². The first-order chi connectivity index (χ1) is 11.2. The molecule has 0 saturated carbocycles. The van der Waals surface area contributed by atoms with Gasteiger partial charge in [0.1, 0.15) is 6.23 Å². The number of hydrogen-bond donors (Lipinski definition) is 5. The van der Waals surface area contributed by atoms with Crippen LogP contribution in [-0.4, -0.2) is 46.4 Å². The lowest BCUT2D eigenvalue weighted by Crippen LogP contribution is -2.37. The number of unbranched alkanes of at least 4 members (excludes halogenated alkanes) is 1. The standard InChI is InChI=1S/C18H37N3O2S/c1-6-15(11-10-14(2)16(22)13-19)21-17(23)9-7-8-12-20-24-18(3,4)5/h6,10,15-17,20-23H,1,7-9,11-13,19H2,2-5H3/b14-10+. The average molecular weight is 360 g/mol. The van der Waals surface area contributed by atoms with Crippen molar-refractivity contribution in [3.05, 3.63) is 24.3 Å². The molecule has 0 rings (SSSR count). The number of hydrogen-bond acceptors (Lipinski definition) is 6. The highest BCUT2D eigenvalue weighted by Crippen LogP contribution is 2.19. The van der Waals surface area contributed by atoms with E-state index in [0.717, 1.165) is 25.0 Å². The largest absolute Gasteiger partial charge is 0.387 e. The summed E-state index contributed by atoms with van der Waals surface area (Å²) >= 11 is 1.74. The van der Waals surface area contributed by atoms with E-state index in [1.807, 2.05) is 13.0 Å². The van der Waals surface area contributed by atoms with Crippen LogP contribution in [-0.2, 0) is 0 Å². The summed E-state index contributed by atoms with van der Waals surface area (Å²) in [6, 6.07) is -0.0190. The van der Waals surface area contributed by atoms with Gasteiger partial charge in [0.2, 0.25) is 0 Å². The van der Waals surface area contributed by atoms with E-state index < -0.39 is 12.3 Å². The molecule has 24 heavy (non-hydrogen) atoms. The molecule has 0 aromatic rings. The van der Waals surface area contributed by atoms with Crippen molar-refractivity contribution in [3.8, 4) is 0 Å². The third-order valence-electron chi connectivity index (χ3n) is 3.52. The number of nitrogens with two attached hydrogens (primary N) is 1. The molecular weight excluding hydrogens is 322 g/mol. The molecule has 0 saturated heterocycles. The molecule has 0 spiro atoms. The zero-order valence-corrected chi connectivity index (χ0v) is 16.5. The van der Waals surface area contributed by atoms with Gasteiger partial charge in [-0.2, -0.15) is 0 Å². The molecule has 5 nitrogen and oxygen atoms in total. The van der Waals surface area contributed by atoms with Crippen molar-refractivity contribution in [3.63, 3.8) is 0 Å². The summed E-state index contributed by atoms with van der Waals surface area (Å²) in [4.78, 5) is 0. The number of aliphatic hydroxyl groups excluding tert-OH is 2. The van der Waals surface area contributed by atoms with Crippen molar-refractivity contribution in [1.82, 2.24) is 10.0 Å². The minimum atomic E-state index is -0.598. The van der Waals surface area contributed by atoms with Gasteiger partial charge in [0.05, 0.1) is 6.10 Å². The predicted octanol–water partition coefficient (Wildman–Crippen LogP) is 2.31. The number of nitrogens with one attached hydrogen (secondary N) is 2. The van der Waals surface area contributed by atoms with Gasteiger partial charge in [-0.05, 0) is 59.0 Å². The molecule has 0 aromatic carbocycles. The molecular formula is C18H37N3O2S. The number of rotatable bonds is 13. The highest BCUT2D eigenvalue weighted by molar-refractivity contribution is 7.98. The Labute approximate surface area is 152 Å². The summed E-state index contributed by atoms with van der Waals surface area (Å²) in [6.45, 7) is 13.4.